The van der Waals surface area contributed by atoms with E-state index in [4.69, 9.17) is 4.74 Å². The molecule has 3 rings (SSSR count). The Morgan fingerprint density at radius 1 is 1.27 bits per heavy atom. The van der Waals surface area contributed by atoms with Crippen molar-refractivity contribution < 1.29 is 9.66 Å². The fraction of sp³-hybridized carbons (Fsp3) is 0.312. The van der Waals surface area contributed by atoms with Crippen molar-refractivity contribution in [1.82, 2.24) is 4.98 Å². The Morgan fingerprint density at radius 3 is 2.86 bits per heavy atom. The van der Waals surface area contributed by atoms with E-state index >= 15 is 0 Å². The first-order valence-electron chi connectivity index (χ1n) is 7.25. The average Bonchev–Trinajstić information content (AvgIpc) is 3.02. The van der Waals surface area contributed by atoms with Crippen LogP contribution < -0.4 is 5.32 Å². The molecule has 1 fully saturated rings. The van der Waals surface area contributed by atoms with Gasteiger partial charge in [0.1, 0.15) is 0 Å². The lowest BCUT2D eigenvalue weighted by atomic mass is 9.95. The van der Waals surface area contributed by atoms with Crippen LogP contribution in [-0.2, 0) is 4.74 Å². The van der Waals surface area contributed by atoms with Crippen LogP contribution in [0.5, 0.6) is 0 Å². The van der Waals surface area contributed by atoms with Gasteiger partial charge < -0.3 is 10.1 Å². The summed E-state index contributed by atoms with van der Waals surface area (Å²) < 4.78 is 5.82. The number of hydrogen-bond acceptors (Lipinski definition) is 5. The highest BCUT2D eigenvalue weighted by molar-refractivity contribution is 5.55. The molecule has 0 amide bonds. The van der Waals surface area contributed by atoms with Gasteiger partial charge in [0.2, 0.25) is 5.82 Å². The summed E-state index contributed by atoms with van der Waals surface area (Å²) in [6.45, 7) is 1.30. The van der Waals surface area contributed by atoms with Gasteiger partial charge >= 0.3 is 5.69 Å². The second kappa shape index (κ2) is 6.53. The molecule has 0 bridgehead atoms. The Balaban J connectivity index is 1.70. The molecule has 0 radical (unpaired) electrons. The van der Waals surface area contributed by atoms with Crippen molar-refractivity contribution in [2.24, 2.45) is 5.92 Å². The number of aromatic nitrogens is 1. The molecule has 0 spiro atoms. The molecule has 1 aromatic heterocycles. The maximum Gasteiger partial charge on any atom is 0.311 e. The topological polar surface area (TPSA) is 77.3 Å². The monoisotopic (exact) mass is 299 g/mol. The van der Waals surface area contributed by atoms with Crippen LogP contribution in [0.2, 0.25) is 0 Å². The van der Waals surface area contributed by atoms with Crippen molar-refractivity contribution >= 4 is 11.5 Å². The van der Waals surface area contributed by atoms with Gasteiger partial charge in [-0.3, -0.25) is 10.1 Å². The summed E-state index contributed by atoms with van der Waals surface area (Å²) in [5.41, 5.74) is 1.14. The highest BCUT2D eigenvalue weighted by atomic mass is 16.6. The minimum atomic E-state index is -0.421. The van der Waals surface area contributed by atoms with E-state index in [-0.39, 0.29) is 17.7 Å². The summed E-state index contributed by atoms with van der Waals surface area (Å²) >= 11 is 0. The third-order valence-corrected chi connectivity index (χ3v) is 3.86. The Kier molecular flexibility index (Phi) is 4.29. The number of ether oxygens (including phenoxy) is 1. The largest absolute Gasteiger partial charge is 0.373 e. The summed E-state index contributed by atoms with van der Waals surface area (Å²) in [5, 5.41) is 14.1. The van der Waals surface area contributed by atoms with Crippen LogP contribution in [-0.4, -0.2) is 23.1 Å². The number of nitro groups is 1. The molecular weight excluding hydrogens is 282 g/mol. The van der Waals surface area contributed by atoms with E-state index in [1.165, 1.54) is 6.07 Å². The van der Waals surface area contributed by atoms with E-state index in [0.29, 0.717) is 19.0 Å². The SMILES string of the molecule is O=[N+]([O-])c1cccnc1NCC1CCOC1c1ccccc1. The van der Waals surface area contributed by atoms with E-state index in [1.807, 2.05) is 30.3 Å². The van der Waals surface area contributed by atoms with Crippen LogP contribution in [0.25, 0.3) is 0 Å². The molecule has 2 aromatic rings. The summed E-state index contributed by atoms with van der Waals surface area (Å²) in [4.78, 5) is 14.6. The zero-order chi connectivity index (χ0) is 15.4. The normalized spacial score (nSPS) is 20.7. The third kappa shape index (κ3) is 3.07. The number of pyridine rings is 1. The number of benzene rings is 1. The zero-order valence-corrected chi connectivity index (χ0v) is 12.0. The van der Waals surface area contributed by atoms with Gasteiger partial charge in [0.15, 0.2) is 0 Å². The fourth-order valence-electron chi connectivity index (χ4n) is 2.76. The lowest BCUT2D eigenvalue weighted by Crippen LogP contribution is -2.19. The van der Waals surface area contributed by atoms with Gasteiger partial charge in [0.05, 0.1) is 11.0 Å². The van der Waals surface area contributed by atoms with Gasteiger partial charge in [-0.1, -0.05) is 30.3 Å². The molecule has 1 aliphatic heterocycles. The molecule has 1 aromatic carbocycles. The molecule has 1 saturated heterocycles. The van der Waals surface area contributed by atoms with E-state index in [2.05, 4.69) is 10.3 Å². The molecular formula is C16H17N3O3. The first kappa shape index (κ1) is 14.5. The standard InChI is InChI=1S/C16H17N3O3/c20-19(21)14-7-4-9-17-16(14)18-11-13-8-10-22-15(13)12-5-2-1-3-6-12/h1-7,9,13,15H,8,10-11H2,(H,17,18). The van der Waals surface area contributed by atoms with E-state index in [1.54, 1.807) is 12.3 Å². The maximum atomic E-state index is 11.0. The summed E-state index contributed by atoms with van der Waals surface area (Å²) in [7, 11) is 0. The van der Waals surface area contributed by atoms with Crippen LogP contribution in [0.3, 0.4) is 0 Å². The van der Waals surface area contributed by atoms with E-state index < -0.39 is 4.92 Å². The minimum absolute atomic E-state index is 0.00215. The first-order chi connectivity index (χ1) is 10.8. The molecule has 0 aliphatic carbocycles. The Labute approximate surface area is 128 Å². The Hall–Kier alpha value is -2.47. The van der Waals surface area contributed by atoms with Gasteiger partial charge in [-0.05, 0) is 18.1 Å². The second-order valence-corrected chi connectivity index (χ2v) is 5.26. The second-order valence-electron chi connectivity index (χ2n) is 5.26. The van der Waals surface area contributed by atoms with Gasteiger partial charge in [0, 0.05) is 31.3 Å². The predicted molar refractivity (Wildman–Crippen MR) is 82.6 cm³/mol. The highest BCUT2D eigenvalue weighted by Gasteiger charge is 2.30. The fourth-order valence-corrected chi connectivity index (χ4v) is 2.76. The lowest BCUT2D eigenvalue weighted by molar-refractivity contribution is -0.384. The number of rotatable bonds is 5. The van der Waals surface area contributed by atoms with Gasteiger partial charge in [-0.15, -0.1) is 0 Å². The minimum Gasteiger partial charge on any atom is -0.373 e. The predicted octanol–water partition coefficient (Wildman–Crippen LogP) is 3.18. The highest BCUT2D eigenvalue weighted by Crippen LogP contribution is 2.34. The van der Waals surface area contributed by atoms with Gasteiger partial charge in [-0.2, -0.15) is 0 Å². The smallest absolute Gasteiger partial charge is 0.311 e. The molecule has 2 unspecified atom stereocenters. The molecule has 6 heteroatoms. The van der Waals surface area contributed by atoms with Crippen molar-refractivity contribution in [3.8, 4) is 0 Å². The number of nitrogens with zero attached hydrogens (tertiary/aromatic N) is 2. The van der Waals surface area contributed by atoms with Gasteiger partial charge in [-0.25, -0.2) is 4.98 Å². The molecule has 114 valence electrons. The van der Waals surface area contributed by atoms with Crippen LogP contribution in [0.15, 0.2) is 48.7 Å². The van der Waals surface area contributed by atoms with E-state index in [9.17, 15) is 10.1 Å². The number of anilines is 1. The Bertz CT molecular complexity index is 648. The van der Waals surface area contributed by atoms with Crippen molar-refractivity contribution in [1.29, 1.82) is 0 Å². The van der Waals surface area contributed by atoms with Crippen molar-refractivity contribution in [2.45, 2.75) is 12.5 Å². The number of nitrogens with one attached hydrogen (secondary N) is 1. The van der Waals surface area contributed by atoms with Crippen molar-refractivity contribution in [3.05, 3.63) is 64.3 Å². The molecule has 22 heavy (non-hydrogen) atoms. The molecule has 0 saturated carbocycles. The summed E-state index contributed by atoms with van der Waals surface area (Å²) in [6.07, 6.45) is 2.50. The summed E-state index contributed by atoms with van der Waals surface area (Å²) in [6, 6.07) is 13.1. The van der Waals surface area contributed by atoms with Crippen molar-refractivity contribution in [2.75, 3.05) is 18.5 Å². The molecule has 2 heterocycles. The number of hydrogen-bond donors (Lipinski definition) is 1. The van der Waals surface area contributed by atoms with Crippen LogP contribution in [0, 0.1) is 16.0 Å². The van der Waals surface area contributed by atoms with Crippen molar-refractivity contribution in [3.63, 3.8) is 0 Å². The quantitative estimate of drug-likeness (QED) is 0.677. The molecule has 2 atom stereocenters. The zero-order valence-electron chi connectivity index (χ0n) is 12.0. The van der Waals surface area contributed by atoms with Gasteiger partial charge in [0.25, 0.3) is 0 Å². The Morgan fingerprint density at radius 2 is 2.09 bits per heavy atom. The maximum absolute atomic E-state index is 11.0. The molecule has 1 N–H and O–H groups in total. The molecule has 1 aliphatic rings. The third-order valence-electron chi connectivity index (χ3n) is 3.86. The van der Waals surface area contributed by atoms with E-state index in [0.717, 1.165) is 12.0 Å². The van der Waals surface area contributed by atoms with Crippen LogP contribution >= 0.6 is 0 Å². The lowest BCUT2D eigenvalue weighted by Gasteiger charge is -2.19. The van der Waals surface area contributed by atoms with Crippen LogP contribution in [0.4, 0.5) is 11.5 Å². The average molecular weight is 299 g/mol. The van der Waals surface area contributed by atoms with Crippen LogP contribution in [0.1, 0.15) is 18.1 Å². The first-order valence-corrected chi connectivity index (χ1v) is 7.25. The molecule has 6 nitrogen and oxygen atoms in total. The summed E-state index contributed by atoms with van der Waals surface area (Å²) in [5.74, 6) is 0.579.